The molecule has 3 rings (SSSR count). The number of aromatic nitrogens is 1. The van der Waals surface area contributed by atoms with Gasteiger partial charge in [0.05, 0.1) is 24.7 Å². The van der Waals surface area contributed by atoms with Crippen LogP contribution in [0, 0.1) is 12.4 Å². The zero-order chi connectivity index (χ0) is 20.5. The van der Waals surface area contributed by atoms with Crippen LogP contribution in [0.5, 0.6) is 5.75 Å². The third-order valence-electron chi connectivity index (χ3n) is 4.32. The molecule has 0 saturated carbocycles. The van der Waals surface area contributed by atoms with Crippen LogP contribution in [0.1, 0.15) is 0 Å². The highest BCUT2D eigenvalue weighted by Gasteiger charge is 2.51. The van der Waals surface area contributed by atoms with Gasteiger partial charge >= 0.3 is 0 Å². The Morgan fingerprint density at radius 3 is 2.75 bits per heavy atom. The summed E-state index contributed by atoms with van der Waals surface area (Å²) in [5.74, 6) is -0.821. The first-order valence-electron chi connectivity index (χ1n) is 7.98. The first kappa shape index (κ1) is 20.4. The molecule has 2 aromatic rings. The monoisotopic (exact) mass is 427 g/mol. The molecular weight excluding hydrogens is 413 g/mol. The zero-order valence-electron chi connectivity index (χ0n) is 14.3. The van der Waals surface area contributed by atoms with Gasteiger partial charge < -0.3 is 14.9 Å². The van der Waals surface area contributed by atoms with Crippen molar-refractivity contribution in [1.29, 1.82) is 0 Å². The summed E-state index contributed by atoms with van der Waals surface area (Å²) in [4.78, 5) is 6.78. The van der Waals surface area contributed by atoms with Gasteiger partial charge in [-0.15, -0.1) is 0 Å². The highest BCUT2D eigenvalue weighted by Crippen LogP contribution is 2.31. The molecule has 1 aliphatic rings. The van der Waals surface area contributed by atoms with Crippen LogP contribution in [-0.4, -0.2) is 59.3 Å². The van der Waals surface area contributed by atoms with Gasteiger partial charge in [0, 0.05) is 18.8 Å². The Morgan fingerprint density at radius 2 is 2.18 bits per heavy atom. The van der Waals surface area contributed by atoms with Crippen molar-refractivity contribution in [2.24, 2.45) is 0 Å². The third-order valence-corrected chi connectivity index (χ3v) is 6.27. The van der Waals surface area contributed by atoms with Crippen molar-refractivity contribution in [3.63, 3.8) is 0 Å². The predicted molar refractivity (Wildman–Crippen MR) is 97.1 cm³/mol. The van der Waals surface area contributed by atoms with Crippen LogP contribution in [0.15, 0.2) is 41.6 Å². The van der Waals surface area contributed by atoms with E-state index in [2.05, 4.69) is 9.83 Å². The molecule has 0 unspecified atom stereocenters. The molecule has 0 aliphatic carbocycles. The van der Waals surface area contributed by atoms with Gasteiger partial charge in [-0.2, -0.15) is 4.31 Å². The second kappa shape index (κ2) is 7.62. The second-order valence-corrected chi connectivity index (χ2v) is 8.53. The van der Waals surface area contributed by atoms with Gasteiger partial charge in [0.2, 0.25) is 5.69 Å². The molecule has 0 amide bonds. The minimum atomic E-state index is -4.08. The maximum atomic E-state index is 13.8. The summed E-state index contributed by atoms with van der Waals surface area (Å²) < 4.78 is 45.8. The molecule has 1 aromatic heterocycles. The van der Waals surface area contributed by atoms with E-state index in [1.165, 1.54) is 30.5 Å². The van der Waals surface area contributed by atoms with Gasteiger partial charge in [-0.1, -0.05) is 11.6 Å². The molecular formula is C17H15ClFN3O5S. The molecule has 11 heteroatoms. The summed E-state index contributed by atoms with van der Waals surface area (Å²) in [7, 11) is -4.08. The number of rotatable bonds is 5. The van der Waals surface area contributed by atoms with Gasteiger partial charge in [-0.3, -0.25) is 0 Å². The van der Waals surface area contributed by atoms with E-state index >= 15 is 0 Å². The van der Waals surface area contributed by atoms with E-state index in [0.717, 1.165) is 10.4 Å². The molecule has 148 valence electrons. The number of hydrogen-bond donors (Lipinski definition) is 2. The normalized spacial score (nSPS) is 22.8. The summed E-state index contributed by atoms with van der Waals surface area (Å²) in [6.07, 6.45) is 0.0103. The van der Waals surface area contributed by atoms with E-state index in [0.29, 0.717) is 0 Å². The molecule has 2 atom stereocenters. The highest BCUT2D eigenvalue weighted by atomic mass is 35.5. The molecule has 28 heavy (non-hydrogen) atoms. The Kier molecular flexibility index (Phi) is 5.56. The molecule has 0 spiro atoms. The first-order valence-corrected chi connectivity index (χ1v) is 9.80. The number of aliphatic hydroxyl groups excluding tert-OH is 1. The summed E-state index contributed by atoms with van der Waals surface area (Å²) in [6, 6.07) is 6.08. The first-order chi connectivity index (χ1) is 13.2. The van der Waals surface area contributed by atoms with Crippen LogP contribution in [0.4, 0.5) is 10.1 Å². The summed E-state index contributed by atoms with van der Waals surface area (Å²) in [5, 5.41) is 20.2. The lowest BCUT2D eigenvalue weighted by molar-refractivity contribution is -0.0641. The number of pyridine rings is 1. The number of aliphatic hydroxyl groups is 2. The molecule has 0 bridgehead atoms. The number of β-amino-alcohol motifs (C(OH)–C–C–N with tert-alkyl or cyclic N) is 1. The van der Waals surface area contributed by atoms with Crippen molar-refractivity contribution in [2.45, 2.75) is 16.7 Å². The standard InChI is InChI=1S/C17H15ClFN3O5S/c1-20-14-4-3-12(6-13(14)19)27-15-8-22(9-17(15,24)10-23)28(25,26)16-5-2-11(18)7-21-16/h2-7,15,23-24H,8-10H2/t15-,17+/m0/s1. The van der Waals surface area contributed by atoms with E-state index < -0.39 is 40.7 Å². The lowest BCUT2D eigenvalue weighted by Crippen LogP contribution is -2.48. The average Bonchev–Trinajstić information content (AvgIpc) is 3.00. The van der Waals surface area contributed by atoms with Crippen LogP contribution in [0.3, 0.4) is 0 Å². The van der Waals surface area contributed by atoms with Crippen molar-refractivity contribution in [3.05, 3.63) is 58.8 Å². The number of ether oxygens (including phenoxy) is 1. The lowest BCUT2D eigenvalue weighted by atomic mass is 10.0. The molecule has 1 fully saturated rings. The zero-order valence-corrected chi connectivity index (χ0v) is 15.9. The fraction of sp³-hybridized carbons (Fsp3) is 0.294. The van der Waals surface area contributed by atoms with Gasteiger partial charge in [0.1, 0.15) is 23.3 Å². The molecule has 1 aromatic carbocycles. The largest absolute Gasteiger partial charge is 0.486 e. The van der Waals surface area contributed by atoms with Crippen molar-refractivity contribution in [3.8, 4) is 5.75 Å². The molecule has 8 nitrogen and oxygen atoms in total. The van der Waals surface area contributed by atoms with Gasteiger partial charge in [0.15, 0.2) is 5.03 Å². The Morgan fingerprint density at radius 1 is 1.43 bits per heavy atom. The number of benzene rings is 1. The fourth-order valence-corrected chi connectivity index (χ4v) is 4.30. The van der Waals surface area contributed by atoms with Gasteiger partial charge in [-0.25, -0.2) is 22.6 Å². The number of hydrogen-bond acceptors (Lipinski definition) is 6. The maximum Gasteiger partial charge on any atom is 0.260 e. The van der Waals surface area contributed by atoms with E-state index in [-0.39, 0.29) is 28.0 Å². The Balaban J connectivity index is 1.86. The smallest absolute Gasteiger partial charge is 0.260 e. The maximum absolute atomic E-state index is 13.8. The lowest BCUT2D eigenvalue weighted by Gasteiger charge is -2.27. The SMILES string of the molecule is [C-]#[N+]c1ccc(O[C@H]2CN(S(=O)(=O)c3ccc(Cl)cn3)C[C@@]2(O)CO)cc1F. The van der Waals surface area contributed by atoms with E-state index in [1.54, 1.807) is 0 Å². The third kappa shape index (κ3) is 3.80. The van der Waals surface area contributed by atoms with Crippen LogP contribution in [0.2, 0.25) is 5.02 Å². The minimum absolute atomic E-state index is 0.00867. The second-order valence-electron chi connectivity index (χ2n) is 6.21. The topological polar surface area (TPSA) is 104 Å². The summed E-state index contributed by atoms with van der Waals surface area (Å²) >= 11 is 5.72. The summed E-state index contributed by atoms with van der Waals surface area (Å²) in [6.45, 7) is 5.33. The van der Waals surface area contributed by atoms with E-state index in [1.807, 2.05) is 0 Å². The number of halogens is 2. The minimum Gasteiger partial charge on any atom is -0.486 e. The molecule has 1 aliphatic heterocycles. The van der Waals surface area contributed by atoms with E-state index in [9.17, 15) is 23.0 Å². The van der Waals surface area contributed by atoms with Crippen LogP contribution < -0.4 is 4.74 Å². The Hall–Kier alpha value is -2.29. The molecule has 1 saturated heterocycles. The van der Waals surface area contributed by atoms with Crippen LogP contribution in [0.25, 0.3) is 4.85 Å². The fourth-order valence-electron chi connectivity index (χ4n) is 2.77. The molecule has 2 N–H and O–H groups in total. The van der Waals surface area contributed by atoms with Crippen LogP contribution >= 0.6 is 11.6 Å². The molecule has 2 heterocycles. The van der Waals surface area contributed by atoms with Crippen LogP contribution in [-0.2, 0) is 10.0 Å². The van der Waals surface area contributed by atoms with Crippen molar-refractivity contribution in [2.75, 3.05) is 19.7 Å². The molecule has 0 radical (unpaired) electrons. The van der Waals surface area contributed by atoms with Gasteiger partial charge in [0.25, 0.3) is 10.0 Å². The Labute approximate surface area is 165 Å². The van der Waals surface area contributed by atoms with Gasteiger partial charge in [-0.05, 0) is 24.3 Å². The number of sulfonamides is 1. The van der Waals surface area contributed by atoms with Crippen molar-refractivity contribution >= 4 is 27.3 Å². The predicted octanol–water partition coefficient (Wildman–Crippen LogP) is 1.60. The average molecular weight is 428 g/mol. The highest BCUT2D eigenvalue weighted by molar-refractivity contribution is 7.89. The Bertz CT molecular complexity index is 1030. The number of nitrogens with zero attached hydrogens (tertiary/aromatic N) is 3. The summed E-state index contributed by atoms with van der Waals surface area (Å²) in [5.41, 5.74) is -2.11. The van der Waals surface area contributed by atoms with Crippen molar-refractivity contribution in [1.82, 2.24) is 9.29 Å². The van der Waals surface area contributed by atoms with E-state index in [4.69, 9.17) is 22.9 Å². The quantitative estimate of drug-likeness (QED) is 0.702. The van der Waals surface area contributed by atoms with Crippen molar-refractivity contribution < 1.29 is 27.8 Å².